The number of aryl methyl sites for hydroxylation is 1. The Morgan fingerprint density at radius 1 is 1.10 bits per heavy atom. The fraction of sp³-hybridized carbons (Fsp3) is 0.333. The van der Waals surface area contributed by atoms with Gasteiger partial charge in [0, 0.05) is 6.54 Å². The van der Waals surface area contributed by atoms with Gasteiger partial charge < -0.3 is 16.0 Å². The Kier molecular flexibility index (Phi) is 2.89. The Labute approximate surface area is 118 Å². The minimum atomic E-state index is -0.565. The lowest BCUT2D eigenvalue weighted by Gasteiger charge is -2.04. The molecule has 0 unspecified atom stereocenters. The quantitative estimate of drug-likeness (QED) is 0.530. The Hall–Kier alpha value is -2.84. The van der Waals surface area contributed by atoms with Crippen LogP contribution >= 0.6 is 0 Å². The summed E-state index contributed by atoms with van der Waals surface area (Å²) >= 11 is 0. The van der Waals surface area contributed by atoms with Crippen LogP contribution in [-0.2, 0) is 6.54 Å². The van der Waals surface area contributed by atoms with E-state index < -0.39 is 11.2 Å². The number of fused-ring (bicyclic) bond motifs is 3. The van der Waals surface area contributed by atoms with Crippen molar-refractivity contribution in [2.45, 2.75) is 26.3 Å². The molecule has 0 aliphatic heterocycles. The molecule has 110 valence electrons. The highest BCUT2D eigenvalue weighted by molar-refractivity contribution is 6.09. The number of anilines is 2. The fourth-order valence-electron chi connectivity index (χ4n) is 2.45. The van der Waals surface area contributed by atoms with E-state index in [9.17, 15) is 9.59 Å². The van der Waals surface area contributed by atoms with Crippen LogP contribution in [0.3, 0.4) is 0 Å². The van der Waals surface area contributed by atoms with E-state index in [1.807, 2.05) is 6.92 Å². The molecule has 6 N–H and O–H groups in total. The molecule has 9 heteroatoms. The lowest BCUT2D eigenvalue weighted by Crippen LogP contribution is -2.14. The van der Waals surface area contributed by atoms with Crippen molar-refractivity contribution >= 4 is 33.8 Å². The van der Waals surface area contributed by atoms with Gasteiger partial charge >= 0.3 is 5.69 Å². The van der Waals surface area contributed by atoms with Crippen molar-refractivity contribution in [3.63, 3.8) is 0 Å². The molecule has 0 aliphatic rings. The monoisotopic (exact) mass is 289 g/mol. The van der Waals surface area contributed by atoms with Gasteiger partial charge in [-0.1, -0.05) is 13.3 Å². The summed E-state index contributed by atoms with van der Waals surface area (Å²) in [6, 6.07) is 0. The number of nitrogens with zero attached hydrogens (tertiary/aromatic N) is 3. The van der Waals surface area contributed by atoms with E-state index in [-0.39, 0.29) is 17.2 Å². The predicted octanol–water partition coefficient (Wildman–Crippen LogP) is -0.0744. The third-order valence-corrected chi connectivity index (χ3v) is 3.36. The van der Waals surface area contributed by atoms with Gasteiger partial charge in [0.15, 0.2) is 11.3 Å². The maximum atomic E-state index is 12.2. The molecule has 0 aliphatic carbocycles. The molecule has 9 nitrogen and oxygen atoms in total. The molecule has 0 spiro atoms. The van der Waals surface area contributed by atoms with Crippen molar-refractivity contribution in [2.75, 3.05) is 11.5 Å². The van der Waals surface area contributed by atoms with Gasteiger partial charge in [-0.3, -0.25) is 14.8 Å². The second-order valence-electron chi connectivity index (χ2n) is 4.81. The minimum absolute atomic E-state index is 0.0120. The van der Waals surface area contributed by atoms with E-state index in [0.29, 0.717) is 23.2 Å². The third-order valence-electron chi connectivity index (χ3n) is 3.36. The van der Waals surface area contributed by atoms with Crippen molar-refractivity contribution < 1.29 is 0 Å². The molecule has 3 aromatic rings. The first-order valence-electron chi connectivity index (χ1n) is 6.60. The molecule has 0 fully saturated rings. The van der Waals surface area contributed by atoms with Crippen molar-refractivity contribution in [3.8, 4) is 0 Å². The summed E-state index contributed by atoms with van der Waals surface area (Å²) in [6.45, 7) is 2.61. The summed E-state index contributed by atoms with van der Waals surface area (Å²) in [6.07, 6.45) is 1.79. The Morgan fingerprint density at radius 3 is 2.52 bits per heavy atom. The number of hydrogen-bond donors (Lipinski definition) is 4. The molecule has 3 heterocycles. The molecular formula is C12H15N7O2. The minimum Gasteiger partial charge on any atom is -0.385 e. The molecule has 0 amide bonds. The fourth-order valence-corrected chi connectivity index (χ4v) is 2.45. The van der Waals surface area contributed by atoms with Crippen LogP contribution in [0.4, 0.5) is 11.8 Å². The third kappa shape index (κ3) is 1.93. The van der Waals surface area contributed by atoms with E-state index in [1.165, 1.54) is 0 Å². The zero-order chi connectivity index (χ0) is 15.1. The average Bonchev–Trinajstić information content (AvgIpc) is 2.70. The topological polar surface area (TPSA) is 148 Å². The molecule has 3 aromatic heterocycles. The lowest BCUT2D eigenvalue weighted by molar-refractivity contribution is 0.656. The SMILES string of the molecule is CCCCn1c2nc(=O)[nH]c(N)c2c2c(=O)[nH]c(N)nc21. The maximum absolute atomic E-state index is 12.2. The van der Waals surface area contributed by atoms with Crippen LogP contribution in [0.15, 0.2) is 9.59 Å². The summed E-state index contributed by atoms with van der Waals surface area (Å²) < 4.78 is 1.71. The first kappa shape index (κ1) is 13.2. The van der Waals surface area contributed by atoms with Crippen LogP contribution in [0.5, 0.6) is 0 Å². The highest BCUT2D eigenvalue weighted by Gasteiger charge is 2.19. The van der Waals surface area contributed by atoms with Crippen LogP contribution in [0.2, 0.25) is 0 Å². The number of aromatic nitrogens is 5. The Balaban J connectivity index is 2.55. The van der Waals surface area contributed by atoms with Gasteiger partial charge in [0.05, 0.1) is 10.8 Å². The van der Waals surface area contributed by atoms with Crippen molar-refractivity contribution in [2.24, 2.45) is 0 Å². The maximum Gasteiger partial charge on any atom is 0.348 e. The molecule has 0 bridgehead atoms. The number of nitrogens with one attached hydrogen (secondary N) is 2. The van der Waals surface area contributed by atoms with Gasteiger partial charge in [-0.15, -0.1) is 0 Å². The van der Waals surface area contributed by atoms with Crippen LogP contribution < -0.4 is 22.7 Å². The number of nitrogens with two attached hydrogens (primary N) is 2. The van der Waals surface area contributed by atoms with E-state index in [4.69, 9.17) is 11.5 Å². The van der Waals surface area contributed by atoms with Crippen LogP contribution in [-0.4, -0.2) is 24.5 Å². The Morgan fingerprint density at radius 2 is 1.81 bits per heavy atom. The summed E-state index contributed by atoms with van der Waals surface area (Å²) in [5.41, 5.74) is 11.2. The smallest absolute Gasteiger partial charge is 0.348 e. The first-order valence-corrected chi connectivity index (χ1v) is 6.60. The van der Waals surface area contributed by atoms with Gasteiger partial charge in [0.25, 0.3) is 5.56 Å². The van der Waals surface area contributed by atoms with E-state index >= 15 is 0 Å². The average molecular weight is 289 g/mol. The molecule has 3 rings (SSSR count). The highest BCUT2D eigenvalue weighted by Crippen LogP contribution is 2.26. The number of unbranched alkanes of at least 4 members (excludes halogenated alkanes) is 1. The van der Waals surface area contributed by atoms with Gasteiger partial charge in [0.2, 0.25) is 5.95 Å². The molecule has 0 saturated heterocycles. The van der Waals surface area contributed by atoms with E-state index in [0.717, 1.165) is 12.8 Å². The zero-order valence-corrected chi connectivity index (χ0v) is 11.4. The number of H-pyrrole nitrogens is 2. The number of nitrogen functional groups attached to an aromatic ring is 2. The molecule has 0 radical (unpaired) electrons. The number of aromatic amines is 2. The van der Waals surface area contributed by atoms with Crippen LogP contribution in [0.25, 0.3) is 22.1 Å². The standard InChI is InChI=1S/C12H15N7O2/c1-2-3-4-19-8-5(7(13)15-12(21)17-8)6-9(19)16-11(14)18-10(6)20/h2-4H2,1H3,(H3,13,15,17,21)(H3,14,16,18,20). The summed E-state index contributed by atoms with van der Waals surface area (Å²) in [5.74, 6) is 0.111. The molecule has 21 heavy (non-hydrogen) atoms. The van der Waals surface area contributed by atoms with Crippen molar-refractivity contribution in [1.82, 2.24) is 24.5 Å². The van der Waals surface area contributed by atoms with Crippen LogP contribution in [0, 0.1) is 0 Å². The van der Waals surface area contributed by atoms with E-state index in [1.54, 1.807) is 4.57 Å². The summed E-state index contributed by atoms with van der Waals surface area (Å²) in [5, 5.41) is 0.686. The van der Waals surface area contributed by atoms with E-state index in [2.05, 4.69) is 19.9 Å². The molecule has 0 aromatic carbocycles. The molecule has 0 atom stereocenters. The Bertz CT molecular complexity index is 950. The first-order chi connectivity index (χ1) is 10.0. The second kappa shape index (κ2) is 4.62. The predicted molar refractivity (Wildman–Crippen MR) is 80.0 cm³/mol. The number of hydrogen-bond acceptors (Lipinski definition) is 6. The number of rotatable bonds is 3. The van der Waals surface area contributed by atoms with Crippen molar-refractivity contribution in [3.05, 3.63) is 20.8 Å². The zero-order valence-electron chi connectivity index (χ0n) is 11.4. The summed E-state index contributed by atoms with van der Waals surface area (Å²) in [4.78, 5) is 36.7. The van der Waals surface area contributed by atoms with Gasteiger partial charge in [-0.05, 0) is 6.42 Å². The van der Waals surface area contributed by atoms with Crippen LogP contribution in [0.1, 0.15) is 19.8 Å². The largest absolute Gasteiger partial charge is 0.385 e. The van der Waals surface area contributed by atoms with Gasteiger partial charge in [-0.25, -0.2) is 4.79 Å². The lowest BCUT2D eigenvalue weighted by atomic mass is 10.3. The second-order valence-corrected chi connectivity index (χ2v) is 4.81. The van der Waals surface area contributed by atoms with Crippen molar-refractivity contribution in [1.29, 1.82) is 0 Å². The highest BCUT2D eigenvalue weighted by atomic mass is 16.1. The summed E-state index contributed by atoms with van der Waals surface area (Å²) in [7, 11) is 0. The molecule has 0 saturated carbocycles. The normalized spacial score (nSPS) is 11.5. The van der Waals surface area contributed by atoms with Gasteiger partial charge in [-0.2, -0.15) is 9.97 Å². The molecular weight excluding hydrogens is 274 g/mol. The van der Waals surface area contributed by atoms with Gasteiger partial charge in [0.1, 0.15) is 5.82 Å².